The number of rotatable bonds is 84. The van der Waals surface area contributed by atoms with Gasteiger partial charge in [0, 0.05) is 25.7 Å². The van der Waals surface area contributed by atoms with Crippen molar-refractivity contribution in [2.24, 2.45) is 5.92 Å². The van der Waals surface area contributed by atoms with Crippen LogP contribution in [0.2, 0.25) is 0 Å². The third-order valence-corrected chi connectivity index (χ3v) is 21.7. The normalized spacial score (nSPS) is 13.8. The fourth-order valence-corrected chi connectivity index (χ4v) is 14.7. The van der Waals surface area contributed by atoms with Gasteiger partial charge in [-0.2, -0.15) is 0 Å². The van der Waals surface area contributed by atoms with Crippen molar-refractivity contribution in [3.63, 3.8) is 0 Å². The summed E-state index contributed by atoms with van der Waals surface area (Å²) in [4.78, 5) is 73.1. The molecule has 3 N–H and O–H groups in total. The van der Waals surface area contributed by atoms with E-state index in [0.29, 0.717) is 25.7 Å². The van der Waals surface area contributed by atoms with E-state index >= 15 is 0 Å². The van der Waals surface area contributed by atoms with Crippen LogP contribution in [-0.4, -0.2) is 96.7 Å². The molecular formula is C84H164O17P2. The van der Waals surface area contributed by atoms with Crippen molar-refractivity contribution in [3.05, 3.63) is 0 Å². The number of ether oxygens (including phenoxy) is 4. The quantitative estimate of drug-likeness (QED) is 0.0222. The maximum absolute atomic E-state index is 13.1. The Labute approximate surface area is 632 Å². The molecule has 0 aromatic carbocycles. The van der Waals surface area contributed by atoms with Crippen molar-refractivity contribution in [3.8, 4) is 0 Å². The number of phosphoric acid groups is 2. The molecule has 0 saturated carbocycles. The second-order valence-electron chi connectivity index (χ2n) is 30.7. The third-order valence-electron chi connectivity index (χ3n) is 19.8. The summed E-state index contributed by atoms with van der Waals surface area (Å²) < 4.78 is 68.8. The SMILES string of the molecule is CCCCCCCCCCCCCCCCCCCCCCCC(=O)O[C@H](COC(=O)CCCCCCCCCCCCCCCCCCC)COP(=O)(O)OC[C@@H](O)COP(=O)(O)OC[C@@H](COC(=O)CCCCCCCCCCCC(C)C)OC(=O)CCCCCCCCCCCCCCC. The molecular weight excluding hydrogens is 1340 g/mol. The topological polar surface area (TPSA) is 237 Å². The number of hydrogen-bond donors (Lipinski definition) is 3. The zero-order valence-electron chi connectivity index (χ0n) is 67.5. The molecule has 5 atom stereocenters. The van der Waals surface area contributed by atoms with Gasteiger partial charge < -0.3 is 33.8 Å². The molecule has 0 aromatic heterocycles. The van der Waals surface area contributed by atoms with Crippen molar-refractivity contribution in [2.45, 2.75) is 470 Å². The second-order valence-corrected chi connectivity index (χ2v) is 33.6. The molecule has 0 radical (unpaired) electrons. The van der Waals surface area contributed by atoms with E-state index in [0.717, 1.165) is 95.8 Å². The van der Waals surface area contributed by atoms with E-state index in [9.17, 15) is 43.2 Å². The number of carbonyl (C=O) groups is 4. The number of phosphoric ester groups is 2. The summed E-state index contributed by atoms with van der Waals surface area (Å²) in [6.45, 7) is 7.33. The molecule has 103 heavy (non-hydrogen) atoms. The molecule has 0 aromatic rings. The Balaban J connectivity index is 5.23. The van der Waals surface area contributed by atoms with Crippen LogP contribution in [0, 0.1) is 5.92 Å². The number of unbranched alkanes of at least 4 members (excludes halogenated alkanes) is 56. The van der Waals surface area contributed by atoms with Crippen LogP contribution in [0.15, 0.2) is 0 Å². The second kappa shape index (κ2) is 76.8. The molecule has 0 bridgehead atoms. The molecule has 0 saturated heterocycles. The Kier molecular flexibility index (Phi) is 75.4. The average Bonchev–Trinajstić information content (AvgIpc) is 0.917. The van der Waals surface area contributed by atoms with Gasteiger partial charge in [0.15, 0.2) is 12.2 Å². The molecule has 17 nitrogen and oxygen atoms in total. The zero-order chi connectivity index (χ0) is 75.5. The Hall–Kier alpha value is -1.94. The van der Waals surface area contributed by atoms with E-state index in [2.05, 4.69) is 34.6 Å². The lowest BCUT2D eigenvalue weighted by Crippen LogP contribution is -2.30. The lowest BCUT2D eigenvalue weighted by atomic mass is 10.0. The summed E-state index contributed by atoms with van der Waals surface area (Å²) in [7, 11) is -9.92. The van der Waals surface area contributed by atoms with Gasteiger partial charge in [0.05, 0.1) is 26.4 Å². The monoisotopic (exact) mass is 1510 g/mol. The molecule has 0 spiro atoms. The molecule has 0 rings (SSSR count). The maximum atomic E-state index is 13.1. The molecule has 0 heterocycles. The van der Waals surface area contributed by atoms with Gasteiger partial charge in [-0.1, -0.05) is 401 Å². The number of hydrogen-bond acceptors (Lipinski definition) is 15. The highest BCUT2D eigenvalue weighted by atomic mass is 31.2. The third kappa shape index (κ3) is 78.0. The molecule has 19 heteroatoms. The minimum absolute atomic E-state index is 0.108. The van der Waals surface area contributed by atoms with E-state index in [1.807, 2.05) is 0 Å². The summed E-state index contributed by atoms with van der Waals surface area (Å²) in [6, 6.07) is 0. The van der Waals surface area contributed by atoms with E-state index < -0.39 is 97.5 Å². The van der Waals surface area contributed by atoms with Gasteiger partial charge in [0.2, 0.25) is 0 Å². The van der Waals surface area contributed by atoms with Gasteiger partial charge in [-0.15, -0.1) is 0 Å². The Bertz CT molecular complexity index is 1960. The first kappa shape index (κ1) is 101. The average molecular weight is 1510 g/mol. The Morgan fingerprint density at radius 3 is 0.660 bits per heavy atom. The van der Waals surface area contributed by atoms with Crippen LogP contribution in [0.5, 0.6) is 0 Å². The van der Waals surface area contributed by atoms with Crippen molar-refractivity contribution >= 4 is 39.5 Å². The Morgan fingerprint density at radius 1 is 0.262 bits per heavy atom. The number of esters is 4. The van der Waals surface area contributed by atoms with Gasteiger partial charge in [0.25, 0.3) is 0 Å². The Morgan fingerprint density at radius 2 is 0.447 bits per heavy atom. The first-order valence-electron chi connectivity index (χ1n) is 43.6. The van der Waals surface area contributed by atoms with Crippen LogP contribution >= 0.6 is 15.6 Å². The van der Waals surface area contributed by atoms with Gasteiger partial charge in [-0.05, 0) is 31.6 Å². The first-order valence-corrected chi connectivity index (χ1v) is 46.6. The van der Waals surface area contributed by atoms with Crippen LogP contribution in [0.25, 0.3) is 0 Å². The molecule has 0 aliphatic rings. The highest BCUT2D eigenvalue weighted by Crippen LogP contribution is 2.45. The maximum Gasteiger partial charge on any atom is 0.472 e. The van der Waals surface area contributed by atoms with Crippen molar-refractivity contribution in [1.29, 1.82) is 0 Å². The van der Waals surface area contributed by atoms with Crippen LogP contribution < -0.4 is 0 Å². The lowest BCUT2D eigenvalue weighted by molar-refractivity contribution is -0.161. The van der Waals surface area contributed by atoms with Crippen molar-refractivity contribution in [2.75, 3.05) is 39.6 Å². The van der Waals surface area contributed by atoms with Gasteiger partial charge >= 0.3 is 39.5 Å². The van der Waals surface area contributed by atoms with Crippen molar-refractivity contribution in [1.82, 2.24) is 0 Å². The number of carbonyl (C=O) groups excluding carboxylic acids is 4. The van der Waals surface area contributed by atoms with Crippen molar-refractivity contribution < 1.29 is 80.2 Å². The standard InChI is InChI=1S/C84H164O17P2/c1-6-9-12-15-18-21-24-27-29-31-32-33-34-36-38-41-44-49-55-60-65-70-84(89)100-79(73-94-81(86)67-62-57-52-47-42-40-37-35-30-28-25-22-19-16-13-10-7-2)75-98-102(90,91)96-71-78(85)72-97-103(92,93)99-76-80(74-95-82(87)68-63-58-53-50-45-46-51-56-61-66-77(4)5)101-83(88)69-64-59-54-48-43-39-26-23-20-17-14-11-8-3/h77-80,85H,6-76H2,1-5H3,(H,90,91)(H,92,93)/t78-,79-,80-/m1/s1. The first-order chi connectivity index (χ1) is 50.0. The predicted octanol–water partition coefficient (Wildman–Crippen LogP) is 25.6. The lowest BCUT2D eigenvalue weighted by Gasteiger charge is -2.21. The van der Waals surface area contributed by atoms with Gasteiger partial charge in [0.1, 0.15) is 19.3 Å². The molecule has 0 amide bonds. The summed E-state index contributed by atoms with van der Waals surface area (Å²) in [5, 5.41) is 10.7. The minimum Gasteiger partial charge on any atom is -0.462 e. The molecule has 0 aliphatic carbocycles. The zero-order valence-corrected chi connectivity index (χ0v) is 69.3. The predicted molar refractivity (Wildman–Crippen MR) is 423 cm³/mol. The summed E-state index contributed by atoms with van der Waals surface area (Å²) >= 11 is 0. The van der Waals surface area contributed by atoms with Gasteiger partial charge in [-0.25, -0.2) is 9.13 Å². The fraction of sp³-hybridized carbons (Fsp3) is 0.952. The number of aliphatic hydroxyl groups excluding tert-OH is 1. The molecule has 612 valence electrons. The van der Waals surface area contributed by atoms with E-state index in [4.69, 9.17) is 37.0 Å². The van der Waals surface area contributed by atoms with Crippen LogP contribution in [0.1, 0.15) is 452 Å². The van der Waals surface area contributed by atoms with E-state index in [1.54, 1.807) is 0 Å². The fourth-order valence-electron chi connectivity index (χ4n) is 13.1. The smallest absolute Gasteiger partial charge is 0.462 e. The van der Waals surface area contributed by atoms with Gasteiger partial charge in [-0.3, -0.25) is 37.3 Å². The van der Waals surface area contributed by atoms with E-state index in [-0.39, 0.29) is 25.7 Å². The van der Waals surface area contributed by atoms with Crippen LogP contribution in [0.4, 0.5) is 0 Å². The molecule has 2 unspecified atom stereocenters. The summed E-state index contributed by atoms with van der Waals surface area (Å²) in [5.74, 6) is -1.36. The molecule has 0 fully saturated rings. The largest absolute Gasteiger partial charge is 0.472 e. The van der Waals surface area contributed by atoms with Crippen LogP contribution in [-0.2, 0) is 65.4 Å². The highest BCUT2D eigenvalue weighted by molar-refractivity contribution is 7.47. The molecule has 0 aliphatic heterocycles. The summed E-state index contributed by atoms with van der Waals surface area (Å²) in [6.07, 6.45) is 69.4. The number of aliphatic hydroxyl groups is 1. The highest BCUT2D eigenvalue weighted by Gasteiger charge is 2.30. The minimum atomic E-state index is -4.96. The van der Waals surface area contributed by atoms with Crippen LogP contribution in [0.3, 0.4) is 0 Å². The van der Waals surface area contributed by atoms with E-state index in [1.165, 1.54) is 276 Å². The summed E-state index contributed by atoms with van der Waals surface area (Å²) in [5.41, 5.74) is 0.